The third-order valence-electron chi connectivity index (χ3n) is 0.871. The van der Waals surface area contributed by atoms with Gasteiger partial charge in [-0.1, -0.05) is 12.2 Å². The molecule has 0 atom stereocenters. The Morgan fingerprint density at radius 3 is 2.56 bits per heavy atom. The molecule has 0 amide bonds. The van der Waals surface area contributed by atoms with E-state index in [1.807, 2.05) is 0 Å². The van der Waals surface area contributed by atoms with Crippen molar-refractivity contribution in [2.24, 2.45) is 0 Å². The van der Waals surface area contributed by atoms with Gasteiger partial charge in [0.15, 0.2) is 0 Å². The first-order valence-electron chi connectivity index (χ1n) is 2.76. The number of hydrogen-bond acceptors (Lipinski definition) is 2. The maximum Gasteiger partial charge on any atom is 0.133 e. The summed E-state index contributed by atoms with van der Waals surface area (Å²) < 4.78 is 0. The fraction of sp³-hybridized carbons (Fsp3) is 0.429. The van der Waals surface area contributed by atoms with Crippen LogP contribution in [-0.4, -0.2) is 12.1 Å². The van der Waals surface area contributed by atoms with Gasteiger partial charge in [0.05, 0.1) is 0 Å². The van der Waals surface area contributed by atoms with Gasteiger partial charge in [0.25, 0.3) is 0 Å². The van der Waals surface area contributed by atoms with E-state index >= 15 is 0 Å². The molecule has 0 bridgehead atoms. The largest absolute Gasteiger partial charge is 0.303 e. The predicted molar refractivity (Wildman–Crippen MR) is 35.1 cm³/mol. The molecule has 0 aromatic carbocycles. The zero-order chi connectivity index (χ0) is 7.28. The minimum atomic E-state index is 0.0573. The van der Waals surface area contributed by atoms with Crippen LogP contribution in [0.3, 0.4) is 0 Å². The van der Waals surface area contributed by atoms with Crippen molar-refractivity contribution in [2.45, 2.75) is 19.8 Å². The van der Waals surface area contributed by atoms with Crippen LogP contribution in [0.4, 0.5) is 0 Å². The average Bonchev–Trinajstić information content (AvgIpc) is 1.63. The third kappa shape index (κ3) is 4.94. The summed E-state index contributed by atoms with van der Waals surface area (Å²) in [7, 11) is 0. The highest BCUT2D eigenvalue weighted by molar-refractivity contribution is 5.78. The van der Waals surface area contributed by atoms with Crippen LogP contribution in [0.25, 0.3) is 0 Å². The summed E-state index contributed by atoms with van der Waals surface area (Å²) >= 11 is 0. The second-order valence-electron chi connectivity index (χ2n) is 2.00. The lowest BCUT2D eigenvalue weighted by Crippen LogP contribution is -1.92. The molecule has 0 saturated heterocycles. The van der Waals surface area contributed by atoms with E-state index in [1.54, 1.807) is 0 Å². The standard InChI is InChI=1S/C7H10O2/c1-6(3-4-8)5-7(2)9/h4H,1,3,5H2,2H3. The fourth-order valence-electron chi connectivity index (χ4n) is 0.542. The highest BCUT2D eigenvalue weighted by Crippen LogP contribution is 2.00. The second-order valence-corrected chi connectivity index (χ2v) is 2.00. The molecule has 50 valence electrons. The molecule has 9 heavy (non-hydrogen) atoms. The molecule has 2 nitrogen and oxygen atoms in total. The molecule has 0 fully saturated rings. The van der Waals surface area contributed by atoms with Crippen LogP contribution in [0.1, 0.15) is 19.8 Å². The summed E-state index contributed by atoms with van der Waals surface area (Å²) in [4.78, 5) is 20.2. The summed E-state index contributed by atoms with van der Waals surface area (Å²) in [6, 6.07) is 0. The SMILES string of the molecule is C=C(CC=O)CC(C)=O. The van der Waals surface area contributed by atoms with Crippen LogP contribution in [0.2, 0.25) is 0 Å². The van der Waals surface area contributed by atoms with Gasteiger partial charge in [-0.25, -0.2) is 0 Å². The first kappa shape index (κ1) is 8.08. The van der Waals surface area contributed by atoms with Crippen LogP contribution in [0.15, 0.2) is 12.2 Å². The number of carbonyl (C=O) groups is 2. The highest BCUT2D eigenvalue weighted by atomic mass is 16.1. The third-order valence-corrected chi connectivity index (χ3v) is 0.871. The Balaban J connectivity index is 3.50. The monoisotopic (exact) mass is 126 g/mol. The number of Topliss-reactive ketones (excluding diaryl/α,β-unsaturated/α-hetero) is 1. The summed E-state index contributed by atoms with van der Waals surface area (Å²) in [5.41, 5.74) is 0.692. The van der Waals surface area contributed by atoms with Gasteiger partial charge < -0.3 is 4.79 Å². The smallest absolute Gasteiger partial charge is 0.133 e. The maximum absolute atomic E-state index is 10.4. The van der Waals surface area contributed by atoms with Crippen LogP contribution in [0, 0.1) is 0 Å². The van der Waals surface area contributed by atoms with E-state index in [2.05, 4.69) is 6.58 Å². The minimum absolute atomic E-state index is 0.0573. The van der Waals surface area contributed by atoms with Gasteiger partial charge in [-0.15, -0.1) is 0 Å². The van der Waals surface area contributed by atoms with E-state index in [9.17, 15) is 9.59 Å². The molecule has 2 heteroatoms. The van der Waals surface area contributed by atoms with Crippen LogP contribution >= 0.6 is 0 Å². The summed E-state index contributed by atoms with van der Waals surface area (Å²) in [6.07, 6.45) is 1.39. The summed E-state index contributed by atoms with van der Waals surface area (Å²) in [6.45, 7) is 5.01. The van der Waals surface area contributed by atoms with Gasteiger partial charge in [-0.05, 0) is 6.92 Å². The number of hydrogen-bond donors (Lipinski definition) is 0. The van der Waals surface area contributed by atoms with Crippen LogP contribution < -0.4 is 0 Å². The quantitative estimate of drug-likeness (QED) is 0.417. The van der Waals surface area contributed by atoms with Crippen molar-refractivity contribution >= 4 is 12.1 Å². The average molecular weight is 126 g/mol. The van der Waals surface area contributed by atoms with E-state index in [-0.39, 0.29) is 5.78 Å². The molecule has 0 aliphatic rings. The van der Waals surface area contributed by atoms with Gasteiger partial charge >= 0.3 is 0 Å². The lowest BCUT2D eigenvalue weighted by Gasteiger charge is -1.93. The van der Waals surface area contributed by atoms with Gasteiger partial charge in [-0.2, -0.15) is 0 Å². The second kappa shape index (κ2) is 4.01. The van der Waals surface area contributed by atoms with Crippen molar-refractivity contribution in [3.8, 4) is 0 Å². The number of ketones is 1. The number of aldehydes is 1. The molecule has 0 saturated carbocycles. The molecule has 0 radical (unpaired) electrons. The molecular weight excluding hydrogens is 116 g/mol. The Hall–Kier alpha value is -0.920. The molecular formula is C7H10O2. The number of rotatable bonds is 4. The Bertz CT molecular complexity index is 136. The molecule has 0 N–H and O–H groups in total. The summed E-state index contributed by atoms with van der Waals surface area (Å²) in [5, 5.41) is 0. The van der Waals surface area contributed by atoms with Gasteiger partial charge in [-0.3, -0.25) is 4.79 Å². The maximum atomic E-state index is 10.4. The Labute approximate surface area is 54.6 Å². The number of carbonyl (C=O) groups excluding carboxylic acids is 2. The molecule has 0 rings (SSSR count). The van der Waals surface area contributed by atoms with E-state index < -0.39 is 0 Å². The fourth-order valence-corrected chi connectivity index (χ4v) is 0.542. The van der Waals surface area contributed by atoms with Crippen LogP contribution in [-0.2, 0) is 9.59 Å². The Morgan fingerprint density at radius 2 is 2.22 bits per heavy atom. The molecule has 0 spiro atoms. The van der Waals surface area contributed by atoms with E-state index in [0.717, 1.165) is 6.29 Å². The van der Waals surface area contributed by atoms with Gasteiger partial charge in [0, 0.05) is 12.8 Å². The van der Waals surface area contributed by atoms with Crippen molar-refractivity contribution in [1.29, 1.82) is 0 Å². The van der Waals surface area contributed by atoms with Crippen molar-refractivity contribution < 1.29 is 9.59 Å². The summed E-state index contributed by atoms with van der Waals surface area (Å²) in [5.74, 6) is 0.0573. The molecule has 0 heterocycles. The Kier molecular flexibility index (Phi) is 3.60. The normalized spacial score (nSPS) is 8.56. The van der Waals surface area contributed by atoms with E-state index in [1.165, 1.54) is 6.92 Å². The molecule has 0 aromatic heterocycles. The zero-order valence-corrected chi connectivity index (χ0v) is 5.52. The first-order valence-corrected chi connectivity index (χ1v) is 2.76. The van der Waals surface area contributed by atoms with Crippen molar-refractivity contribution in [3.05, 3.63) is 12.2 Å². The lowest BCUT2D eigenvalue weighted by atomic mass is 10.1. The van der Waals surface area contributed by atoms with Crippen LogP contribution in [0.5, 0.6) is 0 Å². The Morgan fingerprint density at radius 1 is 1.67 bits per heavy atom. The van der Waals surface area contributed by atoms with Crippen molar-refractivity contribution in [1.82, 2.24) is 0 Å². The van der Waals surface area contributed by atoms with Gasteiger partial charge in [0.2, 0.25) is 0 Å². The van der Waals surface area contributed by atoms with Gasteiger partial charge in [0.1, 0.15) is 12.1 Å². The topological polar surface area (TPSA) is 34.1 Å². The van der Waals surface area contributed by atoms with Crippen molar-refractivity contribution in [3.63, 3.8) is 0 Å². The number of allylic oxidation sites excluding steroid dienone is 1. The van der Waals surface area contributed by atoms with E-state index in [0.29, 0.717) is 18.4 Å². The molecule has 0 unspecified atom stereocenters. The molecule has 0 aliphatic heterocycles. The highest BCUT2D eigenvalue weighted by Gasteiger charge is 1.95. The minimum Gasteiger partial charge on any atom is -0.303 e. The molecule has 0 aromatic rings. The van der Waals surface area contributed by atoms with E-state index in [4.69, 9.17) is 0 Å². The molecule has 0 aliphatic carbocycles. The first-order chi connectivity index (χ1) is 4.16. The lowest BCUT2D eigenvalue weighted by molar-refractivity contribution is -0.116. The predicted octanol–water partition coefficient (Wildman–Crippen LogP) is 1.11. The zero-order valence-electron chi connectivity index (χ0n) is 5.52. The van der Waals surface area contributed by atoms with Crippen molar-refractivity contribution in [2.75, 3.05) is 0 Å².